The van der Waals surface area contributed by atoms with Gasteiger partial charge in [0, 0.05) is 0 Å². The Bertz CT molecular complexity index is 483. The first-order valence-electron chi connectivity index (χ1n) is 3.72. The smallest absolute Gasteiger partial charge is 0.422 e. The van der Waals surface area contributed by atoms with Crippen LogP contribution in [0.2, 0.25) is 0 Å². The van der Waals surface area contributed by atoms with E-state index in [2.05, 4.69) is 31.8 Å². The van der Waals surface area contributed by atoms with Gasteiger partial charge in [-0.1, -0.05) is 0 Å². The summed E-state index contributed by atoms with van der Waals surface area (Å²) in [4.78, 5) is 28.7. The number of amides is 2. The predicted molar refractivity (Wildman–Crippen MR) is 56.2 cm³/mol. The van der Waals surface area contributed by atoms with E-state index in [0.717, 1.165) is 6.20 Å². The first-order valence-corrected chi connectivity index (χ1v) is 4.51. The molecule has 0 unspecified atom stereocenters. The van der Waals surface area contributed by atoms with Crippen molar-refractivity contribution < 1.29 is 19.8 Å². The van der Waals surface area contributed by atoms with E-state index in [1.165, 1.54) is 0 Å². The minimum Gasteiger partial charge on any atom is -0.464 e. The molecule has 0 aliphatic carbocycles. The molecule has 1 aromatic rings. The van der Waals surface area contributed by atoms with Gasteiger partial charge in [0.15, 0.2) is 11.5 Å². The van der Waals surface area contributed by atoms with Crippen LogP contribution < -0.4 is 4.90 Å². The van der Waals surface area contributed by atoms with Crippen molar-refractivity contribution in [2.24, 2.45) is 0 Å². The summed E-state index contributed by atoms with van der Waals surface area (Å²) >= 11 is 2.98. The van der Waals surface area contributed by atoms with Crippen LogP contribution >= 0.6 is 15.9 Å². The summed E-state index contributed by atoms with van der Waals surface area (Å²) in [5.41, 5.74) is -0.181. The third-order valence-corrected chi connectivity index (χ3v) is 1.84. The Kier molecular flexibility index (Phi) is 3.42. The zero-order valence-electron chi connectivity index (χ0n) is 7.59. The van der Waals surface area contributed by atoms with Crippen LogP contribution in [0.1, 0.15) is 5.69 Å². The molecule has 0 saturated heterocycles. The maximum atomic E-state index is 10.7. The molecular weight excluding hydrogens is 282 g/mol. The number of carbonyl (C=O) groups is 2. The second kappa shape index (κ2) is 4.59. The number of halogens is 1. The molecule has 0 spiro atoms. The molecule has 0 aromatic carbocycles. The lowest BCUT2D eigenvalue weighted by molar-refractivity contribution is 0.184. The van der Waals surface area contributed by atoms with Gasteiger partial charge < -0.3 is 10.2 Å². The largest absolute Gasteiger partial charge is 0.464 e. The monoisotopic (exact) mass is 285 g/mol. The SMILES string of the molecule is C#Cc1nc(Br)cnc1N(C(=O)O)C(=O)O. The van der Waals surface area contributed by atoms with Crippen LogP contribution in [0.25, 0.3) is 0 Å². The highest BCUT2D eigenvalue weighted by Gasteiger charge is 2.26. The quantitative estimate of drug-likeness (QED) is 0.756. The summed E-state index contributed by atoms with van der Waals surface area (Å²) in [5, 5.41) is 17.4. The molecular formula is C8H4BrN3O4. The zero-order chi connectivity index (χ0) is 12.3. The van der Waals surface area contributed by atoms with E-state index < -0.39 is 18.0 Å². The van der Waals surface area contributed by atoms with Gasteiger partial charge in [0.2, 0.25) is 0 Å². The molecule has 1 aromatic heterocycles. The van der Waals surface area contributed by atoms with Crippen molar-refractivity contribution in [3.05, 3.63) is 16.5 Å². The number of aromatic nitrogens is 2. The van der Waals surface area contributed by atoms with E-state index in [0.29, 0.717) is 0 Å². The van der Waals surface area contributed by atoms with Crippen molar-refractivity contribution in [3.8, 4) is 12.3 Å². The Morgan fingerprint density at radius 1 is 1.44 bits per heavy atom. The first kappa shape index (κ1) is 11.9. The van der Waals surface area contributed by atoms with E-state index in [1.54, 1.807) is 0 Å². The van der Waals surface area contributed by atoms with Gasteiger partial charge in [-0.2, -0.15) is 4.90 Å². The van der Waals surface area contributed by atoms with Crippen molar-refractivity contribution in [2.75, 3.05) is 4.90 Å². The lowest BCUT2D eigenvalue weighted by atomic mass is 10.4. The van der Waals surface area contributed by atoms with E-state index in [1.807, 2.05) is 0 Å². The number of rotatable bonds is 1. The van der Waals surface area contributed by atoms with Crippen LogP contribution in [0.15, 0.2) is 10.8 Å². The molecule has 0 aliphatic heterocycles. The Balaban J connectivity index is 3.36. The summed E-state index contributed by atoms with van der Waals surface area (Å²) in [5.74, 6) is 1.63. The summed E-state index contributed by atoms with van der Waals surface area (Å²) in [6.45, 7) is 0. The number of hydrogen-bond donors (Lipinski definition) is 2. The summed E-state index contributed by atoms with van der Waals surface area (Å²) < 4.78 is 0.278. The highest BCUT2D eigenvalue weighted by Crippen LogP contribution is 2.17. The van der Waals surface area contributed by atoms with Gasteiger partial charge in [0.1, 0.15) is 4.60 Å². The lowest BCUT2D eigenvalue weighted by Gasteiger charge is -2.12. The molecule has 1 rings (SSSR count). The van der Waals surface area contributed by atoms with Gasteiger partial charge in [0.05, 0.1) is 6.20 Å². The standard InChI is InChI=1S/C8H4BrN3O4/c1-2-4-6(10-3-5(9)11-4)12(7(13)14)8(15)16/h1,3H,(H,13,14)(H,15,16). The van der Waals surface area contributed by atoms with Crippen molar-refractivity contribution in [3.63, 3.8) is 0 Å². The van der Waals surface area contributed by atoms with Crippen LogP contribution in [0.4, 0.5) is 15.4 Å². The average Bonchev–Trinajstić information content (AvgIpc) is 2.19. The highest BCUT2D eigenvalue weighted by atomic mass is 79.9. The van der Waals surface area contributed by atoms with Crippen LogP contribution in [-0.4, -0.2) is 32.4 Å². The molecule has 7 nitrogen and oxygen atoms in total. The minimum absolute atomic E-state index is 0.00532. The molecule has 2 N–H and O–H groups in total. The van der Waals surface area contributed by atoms with Crippen LogP contribution in [0.3, 0.4) is 0 Å². The van der Waals surface area contributed by atoms with Gasteiger partial charge in [-0.25, -0.2) is 19.6 Å². The summed E-state index contributed by atoms with van der Waals surface area (Å²) in [7, 11) is 0. The molecule has 16 heavy (non-hydrogen) atoms. The predicted octanol–water partition coefficient (Wildman–Crippen LogP) is 1.38. The molecule has 0 atom stereocenters. The molecule has 0 radical (unpaired) electrons. The lowest BCUT2D eigenvalue weighted by Crippen LogP contribution is -2.35. The molecule has 8 heteroatoms. The van der Waals surface area contributed by atoms with Crippen LogP contribution in [-0.2, 0) is 0 Å². The Labute approximate surface area is 97.9 Å². The van der Waals surface area contributed by atoms with E-state index in [4.69, 9.17) is 16.6 Å². The van der Waals surface area contributed by atoms with E-state index in [-0.39, 0.29) is 15.2 Å². The fourth-order valence-electron chi connectivity index (χ4n) is 0.885. The van der Waals surface area contributed by atoms with Gasteiger partial charge >= 0.3 is 12.2 Å². The van der Waals surface area contributed by atoms with Crippen molar-refractivity contribution in [2.45, 2.75) is 0 Å². The van der Waals surface area contributed by atoms with Crippen LogP contribution in [0, 0.1) is 12.3 Å². The molecule has 0 fully saturated rings. The molecule has 2 amide bonds. The van der Waals surface area contributed by atoms with Crippen molar-refractivity contribution in [1.29, 1.82) is 0 Å². The summed E-state index contributed by atoms with van der Waals surface area (Å²) in [6, 6.07) is 0. The molecule has 0 bridgehead atoms. The van der Waals surface area contributed by atoms with Crippen molar-refractivity contribution in [1.82, 2.24) is 9.97 Å². The number of hydrogen-bond acceptors (Lipinski definition) is 4. The molecule has 0 saturated carbocycles. The Hall–Kier alpha value is -2.14. The number of carboxylic acid groups (broad SMARTS) is 2. The van der Waals surface area contributed by atoms with Crippen LogP contribution in [0.5, 0.6) is 0 Å². The molecule has 82 valence electrons. The normalized spacial score (nSPS) is 9.25. The van der Waals surface area contributed by atoms with Gasteiger partial charge in [-0.15, -0.1) is 6.42 Å². The number of anilines is 1. The third kappa shape index (κ3) is 2.26. The maximum Gasteiger partial charge on any atom is 0.422 e. The Morgan fingerprint density at radius 2 is 2.00 bits per heavy atom. The second-order valence-corrected chi connectivity index (χ2v) is 3.22. The van der Waals surface area contributed by atoms with E-state index in [9.17, 15) is 9.59 Å². The molecule has 0 aliphatic rings. The van der Waals surface area contributed by atoms with E-state index >= 15 is 0 Å². The third-order valence-electron chi connectivity index (χ3n) is 1.45. The fourth-order valence-corrected chi connectivity index (χ4v) is 1.16. The molecule has 1 heterocycles. The van der Waals surface area contributed by atoms with Gasteiger partial charge in [-0.3, -0.25) is 0 Å². The Morgan fingerprint density at radius 3 is 2.44 bits per heavy atom. The topological polar surface area (TPSA) is 104 Å². The van der Waals surface area contributed by atoms with Crippen molar-refractivity contribution >= 4 is 33.9 Å². The zero-order valence-corrected chi connectivity index (χ0v) is 9.17. The number of imide groups is 1. The van der Waals surface area contributed by atoms with Gasteiger partial charge in [-0.05, 0) is 21.9 Å². The first-order chi connectivity index (χ1) is 7.47. The summed E-state index contributed by atoms with van der Waals surface area (Å²) in [6.07, 6.45) is 2.80. The fraction of sp³-hybridized carbons (Fsp3) is 0. The maximum absolute atomic E-state index is 10.7. The highest BCUT2D eigenvalue weighted by molar-refractivity contribution is 9.10. The number of nitrogens with zero attached hydrogens (tertiary/aromatic N) is 3. The second-order valence-electron chi connectivity index (χ2n) is 2.41. The average molecular weight is 286 g/mol. The van der Waals surface area contributed by atoms with Gasteiger partial charge in [0.25, 0.3) is 0 Å². The number of terminal acetylenes is 1. The minimum atomic E-state index is -1.71.